The predicted octanol–water partition coefficient (Wildman–Crippen LogP) is 7.06. The summed E-state index contributed by atoms with van der Waals surface area (Å²) >= 11 is 1.23. The summed E-state index contributed by atoms with van der Waals surface area (Å²) in [4.78, 5) is 11.1. The van der Waals surface area contributed by atoms with Gasteiger partial charge in [-0.15, -0.1) is 24.9 Å². The van der Waals surface area contributed by atoms with E-state index >= 15 is 0 Å². The second kappa shape index (κ2) is 12.7. The minimum Gasteiger partial charge on any atom is -0.332 e. The topological polar surface area (TPSA) is 83.4 Å². The second-order valence-electron chi connectivity index (χ2n) is 9.89. The number of nitrogens with zero attached hydrogens (tertiary/aromatic N) is 5. The van der Waals surface area contributed by atoms with Crippen LogP contribution in [0.1, 0.15) is 37.0 Å². The molecule has 4 rings (SSSR count). The molecule has 8 nitrogen and oxygen atoms in total. The fourth-order valence-electron chi connectivity index (χ4n) is 4.37. The number of aliphatic imine (C=N–C) groups is 1. The van der Waals surface area contributed by atoms with Gasteiger partial charge in [0.15, 0.2) is 17.5 Å². The van der Waals surface area contributed by atoms with Crippen molar-refractivity contribution in [3.05, 3.63) is 71.2 Å². The van der Waals surface area contributed by atoms with Crippen molar-refractivity contribution in [3.63, 3.8) is 0 Å². The number of benzene rings is 1. The molecule has 1 aliphatic carbocycles. The minimum atomic E-state index is -4.72. The van der Waals surface area contributed by atoms with Crippen LogP contribution in [-0.4, -0.2) is 51.9 Å². The molecule has 1 fully saturated rings. The van der Waals surface area contributed by atoms with Gasteiger partial charge in [-0.2, -0.15) is 5.10 Å². The molecule has 0 atom stereocenters. The first-order valence-corrected chi connectivity index (χ1v) is 14.3. The molecule has 0 aliphatic heterocycles. The molecule has 3 aromatic rings. The maximum absolute atomic E-state index is 14.9. The highest BCUT2D eigenvalue weighted by Gasteiger charge is 2.33. The average molecular weight is 610 g/mol. The van der Waals surface area contributed by atoms with Crippen molar-refractivity contribution in [2.75, 3.05) is 30.1 Å². The van der Waals surface area contributed by atoms with Crippen LogP contribution in [0, 0.1) is 31.4 Å². The Bertz CT molecular complexity index is 1500. The Hall–Kier alpha value is -3.65. The third-order valence-electron chi connectivity index (χ3n) is 6.72. The summed E-state index contributed by atoms with van der Waals surface area (Å²) in [6, 6.07) is 4.32. The number of aryl methyl sites for hydroxylation is 2. The highest BCUT2D eigenvalue weighted by atomic mass is 32.2. The zero-order chi connectivity index (χ0) is 30.8. The number of aromatic amines is 1. The van der Waals surface area contributed by atoms with E-state index in [0.717, 1.165) is 24.1 Å². The van der Waals surface area contributed by atoms with E-state index in [9.17, 15) is 22.0 Å². The van der Waals surface area contributed by atoms with Crippen molar-refractivity contribution < 1.29 is 26.7 Å². The van der Waals surface area contributed by atoms with E-state index < -0.39 is 24.6 Å². The van der Waals surface area contributed by atoms with Crippen molar-refractivity contribution >= 4 is 34.7 Å². The van der Waals surface area contributed by atoms with E-state index in [2.05, 4.69) is 31.8 Å². The fourth-order valence-corrected chi connectivity index (χ4v) is 4.81. The van der Waals surface area contributed by atoms with Crippen molar-refractivity contribution in [1.82, 2.24) is 19.7 Å². The molecule has 0 saturated heterocycles. The number of halogens is 5. The minimum absolute atomic E-state index is 0.0553. The molecule has 0 radical (unpaired) electrons. The van der Waals surface area contributed by atoms with Crippen LogP contribution in [-0.2, 0) is 11.3 Å². The Morgan fingerprint density at radius 2 is 1.90 bits per heavy atom. The van der Waals surface area contributed by atoms with Crippen LogP contribution < -0.4 is 10.2 Å². The van der Waals surface area contributed by atoms with Gasteiger partial charge < -0.3 is 14.8 Å². The summed E-state index contributed by atoms with van der Waals surface area (Å²) in [5.41, 5.74) is 2.26. The first-order valence-electron chi connectivity index (χ1n) is 13.1. The number of hydrogen-bond donors (Lipinski definition) is 2. The zero-order valence-electron chi connectivity index (χ0n) is 23.9. The normalized spacial score (nSPS) is 14.7. The van der Waals surface area contributed by atoms with Gasteiger partial charge in [-0.25, -0.2) is 18.8 Å². The monoisotopic (exact) mass is 609 g/mol. The number of imidazole rings is 1. The van der Waals surface area contributed by atoms with Gasteiger partial charge >= 0.3 is 6.36 Å². The molecule has 42 heavy (non-hydrogen) atoms. The number of alkyl halides is 3. The molecule has 226 valence electrons. The lowest BCUT2D eigenvalue weighted by molar-refractivity contribution is -0.325. The van der Waals surface area contributed by atoms with Crippen LogP contribution >= 0.6 is 11.8 Å². The summed E-state index contributed by atoms with van der Waals surface area (Å²) in [6.45, 7) is 8.80. The number of H-pyrrole nitrogens is 1. The number of nitrogens with one attached hydrogen (secondary N) is 2. The van der Waals surface area contributed by atoms with Gasteiger partial charge in [0.2, 0.25) is 0 Å². The SMILES string of the molecule is C=C(/C(=C(\N=C(/C)N(C)c1c(F)cc(SC)cc1F)Nc1cc(C)[nH]n1)C1CC1)c1cn(CCOC(F)(F)F)c(C)n1. The maximum atomic E-state index is 14.9. The van der Waals surface area contributed by atoms with E-state index in [1.807, 2.05) is 6.92 Å². The second-order valence-corrected chi connectivity index (χ2v) is 10.8. The number of hydrogen-bond acceptors (Lipinski definition) is 6. The first-order chi connectivity index (χ1) is 19.8. The number of aromatic nitrogens is 4. The molecule has 0 amide bonds. The molecule has 1 aromatic carbocycles. The van der Waals surface area contributed by atoms with Crippen molar-refractivity contribution in [2.45, 2.75) is 51.4 Å². The smallest absolute Gasteiger partial charge is 0.332 e. The first kappa shape index (κ1) is 31.3. The van der Waals surface area contributed by atoms with Crippen LogP contribution in [0.2, 0.25) is 0 Å². The van der Waals surface area contributed by atoms with Crippen molar-refractivity contribution in [1.29, 1.82) is 0 Å². The number of allylic oxidation sites excluding steroid dienone is 2. The quantitative estimate of drug-likeness (QED) is 0.0797. The van der Waals surface area contributed by atoms with Crippen LogP contribution in [0.5, 0.6) is 0 Å². The summed E-state index contributed by atoms with van der Waals surface area (Å²) in [5.74, 6) is 0.239. The number of thioether (sulfide) groups is 1. The third-order valence-corrected chi connectivity index (χ3v) is 7.43. The van der Waals surface area contributed by atoms with Gasteiger partial charge in [0, 0.05) is 47.6 Å². The largest absolute Gasteiger partial charge is 0.522 e. The van der Waals surface area contributed by atoms with Crippen LogP contribution in [0.25, 0.3) is 5.57 Å². The Labute approximate surface area is 244 Å². The number of anilines is 2. The Morgan fingerprint density at radius 1 is 1.24 bits per heavy atom. The lowest BCUT2D eigenvalue weighted by Crippen LogP contribution is -2.26. The maximum Gasteiger partial charge on any atom is 0.522 e. The molecule has 0 spiro atoms. The Balaban J connectivity index is 1.74. The molecule has 2 aromatic heterocycles. The van der Waals surface area contributed by atoms with Gasteiger partial charge in [0.05, 0.1) is 12.3 Å². The van der Waals surface area contributed by atoms with Gasteiger partial charge in [-0.05, 0) is 57.9 Å². The van der Waals surface area contributed by atoms with E-state index in [1.54, 1.807) is 36.9 Å². The highest BCUT2D eigenvalue weighted by molar-refractivity contribution is 7.98. The van der Waals surface area contributed by atoms with Crippen molar-refractivity contribution in [2.24, 2.45) is 10.9 Å². The molecule has 2 heterocycles. The zero-order valence-corrected chi connectivity index (χ0v) is 24.7. The molecule has 0 bridgehead atoms. The Morgan fingerprint density at radius 3 is 2.45 bits per heavy atom. The highest BCUT2D eigenvalue weighted by Crippen LogP contribution is 2.44. The van der Waals surface area contributed by atoms with E-state index in [4.69, 9.17) is 4.99 Å². The molecule has 2 N–H and O–H groups in total. The van der Waals surface area contributed by atoms with E-state index in [1.165, 1.54) is 35.8 Å². The molecule has 1 saturated carbocycles. The molecular formula is C28H32F5N7OS. The van der Waals surface area contributed by atoms with Crippen LogP contribution in [0.4, 0.5) is 33.5 Å². The van der Waals surface area contributed by atoms with Crippen molar-refractivity contribution in [3.8, 4) is 0 Å². The predicted molar refractivity (Wildman–Crippen MR) is 154 cm³/mol. The average Bonchev–Trinajstić information content (AvgIpc) is 3.54. The lowest BCUT2D eigenvalue weighted by atomic mass is 10.00. The number of amidine groups is 1. The molecular weight excluding hydrogens is 577 g/mol. The Kier molecular flexibility index (Phi) is 9.46. The summed E-state index contributed by atoms with van der Waals surface area (Å²) in [5, 5.41) is 10.3. The third kappa shape index (κ3) is 7.59. The van der Waals surface area contributed by atoms with E-state index in [-0.39, 0.29) is 24.0 Å². The molecule has 0 unspecified atom stereocenters. The van der Waals surface area contributed by atoms with Crippen LogP contribution in [0.15, 0.2) is 52.3 Å². The standard InChI is InChI=1S/C28H32F5N7OS/c1-15-11-24(38-37-15)36-27(35-17(3)39(5)26-21(29)12-20(42-6)13-22(26)30)25(19-7-8-19)16(2)23-14-40(18(4)34-23)9-10-41-28(31,32)33/h11-14,19H,2,7-10H2,1,3-6H3,(H2,36,37,38)/b27-25-,35-17+. The molecule has 14 heteroatoms. The number of ether oxygens (including phenoxy) is 1. The van der Waals surface area contributed by atoms with Gasteiger partial charge in [0.1, 0.15) is 23.2 Å². The van der Waals surface area contributed by atoms with Crippen LogP contribution in [0.3, 0.4) is 0 Å². The lowest BCUT2D eigenvalue weighted by Gasteiger charge is -2.22. The summed E-state index contributed by atoms with van der Waals surface area (Å²) in [6.07, 6.45) is 0.331. The van der Waals surface area contributed by atoms with E-state index in [0.29, 0.717) is 33.6 Å². The summed E-state index contributed by atoms with van der Waals surface area (Å²) in [7, 11) is 1.52. The number of rotatable bonds is 11. The summed E-state index contributed by atoms with van der Waals surface area (Å²) < 4.78 is 72.8. The van der Waals surface area contributed by atoms with Gasteiger partial charge in [0.25, 0.3) is 0 Å². The van der Waals surface area contributed by atoms with Gasteiger partial charge in [-0.1, -0.05) is 6.58 Å². The van der Waals surface area contributed by atoms with Gasteiger partial charge in [-0.3, -0.25) is 9.84 Å². The fraction of sp³-hybridized carbons (Fsp3) is 0.393. The molecule has 1 aliphatic rings.